The number of benzene rings is 3. The predicted molar refractivity (Wildman–Crippen MR) is 200 cm³/mol. The van der Waals surface area contributed by atoms with Gasteiger partial charge >= 0.3 is 297 Å². The zero-order chi connectivity index (χ0) is 33.6. The molecule has 6 nitrogen and oxygen atoms in total. The van der Waals surface area contributed by atoms with Crippen molar-refractivity contribution < 1.29 is 14.7 Å². The van der Waals surface area contributed by atoms with E-state index in [4.69, 9.17) is 0 Å². The molecule has 2 amide bonds. The van der Waals surface area contributed by atoms with Crippen molar-refractivity contribution in [2.75, 3.05) is 11.4 Å². The topological polar surface area (TPSA) is 74.6 Å². The summed E-state index contributed by atoms with van der Waals surface area (Å²) in [5.41, 5.74) is 3.86. The molecule has 0 fully saturated rings. The second kappa shape index (κ2) is 19.4. The average molecular weight is 809 g/mol. The molecule has 0 saturated heterocycles. The molecule has 1 aromatic heterocycles. The summed E-state index contributed by atoms with van der Waals surface area (Å²) in [6, 6.07) is 25.6. The minimum atomic E-state index is -1.32. The number of nitrogens with one attached hydrogen (secondary N) is 1. The van der Waals surface area contributed by atoms with Gasteiger partial charge in [-0.05, 0) is 0 Å². The van der Waals surface area contributed by atoms with Gasteiger partial charge in [-0.1, -0.05) is 0 Å². The van der Waals surface area contributed by atoms with Gasteiger partial charge in [0.05, 0.1) is 0 Å². The molecule has 3 aromatic carbocycles. The van der Waals surface area contributed by atoms with E-state index in [1.807, 2.05) is 71.3 Å². The molecule has 1 atom stereocenters. The average Bonchev–Trinajstić information content (AvgIpc) is 3.44. The van der Waals surface area contributed by atoms with Gasteiger partial charge in [0.1, 0.15) is 0 Å². The number of hydrogen-bond acceptors (Lipinski definition) is 3. The van der Waals surface area contributed by atoms with Crippen LogP contribution in [0, 0.1) is 0 Å². The Labute approximate surface area is 295 Å². The van der Waals surface area contributed by atoms with Crippen LogP contribution in [-0.4, -0.2) is 62.7 Å². The summed E-state index contributed by atoms with van der Waals surface area (Å²) in [7, 11) is 0. The van der Waals surface area contributed by atoms with Crippen molar-refractivity contribution in [2.45, 2.75) is 97.6 Å². The second-order valence-corrected chi connectivity index (χ2v) is 23.2. The Hall–Kier alpha value is -2.58. The van der Waals surface area contributed by atoms with Gasteiger partial charge in [-0.25, -0.2) is 0 Å². The molecule has 0 aliphatic carbocycles. The standard InChI is InChI=1S/C27H25N3O3Se.3C4H9.Sn/c1-18(31)29-17-30-22-13-7-5-11-20(22)24(25(30)21-12-6-8-14-23(21)29)26(32)27(33)28-15-16-34-19-9-3-2-4-10-19;3*1-3-4-2;/h2-14,26,32H,15-17H2,1H3,(H,28,33);3*1,3-4H2,2H3;. The Kier molecular flexibility index (Phi) is 15.4. The number of carbonyl (C=O) groups excluding carboxylic acids is 2. The molecule has 2 heterocycles. The number of aliphatic hydroxyl groups excluding tert-OH is 1. The third-order valence-corrected chi connectivity index (χ3v) is 19.9. The maximum atomic E-state index is 13.0. The number of aromatic nitrogens is 1. The third kappa shape index (κ3) is 9.97. The Morgan fingerprint density at radius 3 is 2.09 bits per heavy atom. The molecule has 1 radical (unpaired) electrons. The van der Waals surface area contributed by atoms with E-state index in [1.54, 1.807) is 25.1 Å². The molecule has 8 heteroatoms. The van der Waals surface area contributed by atoms with Crippen LogP contribution in [0.3, 0.4) is 0 Å². The molecule has 5 rings (SSSR count). The normalized spacial score (nSPS) is 12.7. The first-order valence-corrected chi connectivity index (χ1v) is 25.5. The van der Waals surface area contributed by atoms with Gasteiger partial charge in [0.2, 0.25) is 0 Å². The first-order chi connectivity index (χ1) is 22.9. The van der Waals surface area contributed by atoms with Crippen LogP contribution >= 0.6 is 0 Å². The first kappa shape index (κ1) is 37.2. The van der Waals surface area contributed by atoms with Crippen LogP contribution < -0.4 is 14.7 Å². The van der Waals surface area contributed by atoms with Gasteiger partial charge in [0.15, 0.2) is 0 Å². The van der Waals surface area contributed by atoms with Crippen molar-refractivity contribution in [3.05, 3.63) is 84.4 Å². The fourth-order valence-corrected chi connectivity index (χ4v) is 17.3. The number of unbranched alkanes of at least 4 members (excludes halogenated alkanes) is 3. The van der Waals surface area contributed by atoms with Crippen LogP contribution in [0.1, 0.15) is 77.9 Å². The van der Waals surface area contributed by atoms with E-state index in [0.717, 1.165) is 33.2 Å². The minimum absolute atomic E-state index is 0.0592. The summed E-state index contributed by atoms with van der Waals surface area (Å²) >= 11 is -0.579. The molecule has 1 aliphatic rings. The van der Waals surface area contributed by atoms with Crippen molar-refractivity contribution in [1.29, 1.82) is 0 Å². The van der Waals surface area contributed by atoms with Crippen LogP contribution in [0.4, 0.5) is 5.69 Å². The molecule has 0 spiro atoms. The molecule has 251 valence electrons. The quantitative estimate of drug-likeness (QED) is 0.0943. The van der Waals surface area contributed by atoms with Crippen LogP contribution in [0.5, 0.6) is 0 Å². The van der Waals surface area contributed by atoms with Crippen molar-refractivity contribution in [1.82, 2.24) is 9.88 Å². The Morgan fingerprint density at radius 1 is 0.851 bits per heavy atom. The molecule has 47 heavy (non-hydrogen) atoms. The summed E-state index contributed by atoms with van der Waals surface area (Å²) in [4.78, 5) is 27.2. The maximum absolute atomic E-state index is 13.0. The number of fused-ring (bicyclic) bond motifs is 5. The van der Waals surface area contributed by atoms with Crippen molar-refractivity contribution in [3.8, 4) is 11.3 Å². The second-order valence-electron chi connectivity index (χ2n) is 12.2. The van der Waals surface area contributed by atoms with Gasteiger partial charge in [-0.2, -0.15) is 0 Å². The van der Waals surface area contributed by atoms with Crippen molar-refractivity contribution in [2.24, 2.45) is 0 Å². The number of anilines is 1. The Morgan fingerprint density at radius 2 is 1.45 bits per heavy atom. The number of hydrogen-bond donors (Lipinski definition) is 2. The van der Waals surface area contributed by atoms with Crippen molar-refractivity contribution >= 4 is 67.6 Å². The van der Waals surface area contributed by atoms with E-state index >= 15 is 0 Å². The Balaban J connectivity index is 0.000000328. The summed E-state index contributed by atoms with van der Waals surface area (Å²) in [6.45, 7) is 9.39. The molecular weight excluding hydrogens is 756 g/mol. The number of nitrogens with zero attached hydrogens (tertiary/aromatic N) is 2. The SMILES string of the molecule is CC(=O)N1Cn2c(c(C(O)C(=O)NCC[Se]c3ccccc3)c3ccccc32)-c2ccccc21.CCC[CH2][Sn]([CH2]CCC)[CH2]CCC. The number of amides is 2. The number of aliphatic hydroxyl groups is 1. The van der Waals surface area contributed by atoms with E-state index in [1.165, 1.54) is 43.0 Å². The molecule has 0 bridgehead atoms. The third-order valence-electron chi connectivity index (χ3n) is 8.71. The van der Waals surface area contributed by atoms with Crippen LogP contribution in [0.2, 0.25) is 18.6 Å². The summed E-state index contributed by atoms with van der Waals surface area (Å²) < 4.78 is 8.34. The van der Waals surface area contributed by atoms with Gasteiger partial charge in [0, 0.05) is 0 Å². The van der Waals surface area contributed by atoms with Crippen molar-refractivity contribution in [3.63, 3.8) is 0 Å². The molecule has 2 N–H and O–H groups in total. The van der Waals surface area contributed by atoms with Gasteiger partial charge < -0.3 is 0 Å². The molecule has 1 unspecified atom stereocenters. The predicted octanol–water partition coefficient (Wildman–Crippen LogP) is 8.11. The number of rotatable bonds is 15. The number of carbonyl (C=O) groups is 2. The molecule has 1 aliphatic heterocycles. The number of para-hydroxylation sites is 2. The van der Waals surface area contributed by atoms with E-state index in [-0.39, 0.29) is 20.9 Å². The zero-order valence-electron chi connectivity index (χ0n) is 28.6. The van der Waals surface area contributed by atoms with E-state index in [0.29, 0.717) is 18.8 Å². The summed E-state index contributed by atoms with van der Waals surface area (Å²) in [5, 5.41) is 15.8. The zero-order valence-corrected chi connectivity index (χ0v) is 33.2. The molecule has 0 saturated carbocycles. The van der Waals surface area contributed by atoms with Crippen LogP contribution in [0.25, 0.3) is 22.2 Å². The summed E-state index contributed by atoms with van der Waals surface area (Å²) in [5.74, 6) is -0.467. The molecule has 4 aromatic rings. The monoisotopic (exact) mass is 810 g/mol. The van der Waals surface area contributed by atoms with E-state index < -0.39 is 31.8 Å². The van der Waals surface area contributed by atoms with E-state index in [9.17, 15) is 14.7 Å². The van der Waals surface area contributed by atoms with Gasteiger partial charge in [0.25, 0.3) is 0 Å². The van der Waals surface area contributed by atoms with Crippen LogP contribution in [0.15, 0.2) is 78.9 Å². The molecular formula is C39H52N3O3SeSn. The summed E-state index contributed by atoms with van der Waals surface area (Å²) in [6.07, 6.45) is 7.53. The van der Waals surface area contributed by atoms with Crippen LogP contribution in [-0.2, 0) is 16.3 Å². The fourth-order valence-electron chi connectivity index (χ4n) is 6.18. The first-order valence-electron chi connectivity index (χ1n) is 17.4. The Bertz CT molecular complexity index is 1560. The fraction of sp³-hybridized carbons (Fsp3) is 0.436. The van der Waals surface area contributed by atoms with E-state index in [2.05, 4.69) is 38.2 Å². The van der Waals surface area contributed by atoms with Gasteiger partial charge in [-0.15, -0.1) is 0 Å². The van der Waals surface area contributed by atoms with Gasteiger partial charge in [-0.3, -0.25) is 0 Å².